The van der Waals surface area contributed by atoms with Crippen LogP contribution in [0.2, 0.25) is 0 Å². The molecule has 0 unspecified atom stereocenters. The van der Waals surface area contributed by atoms with Crippen LogP contribution in [-0.2, 0) is 19.6 Å². The summed E-state index contributed by atoms with van der Waals surface area (Å²) in [6, 6.07) is 16.5. The molecule has 0 aliphatic carbocycles. The van der Waals surface area contributed by atoms with Crippen LogP contribution in [0.5, 0.6) is 0 Å². The van der Waals surface area contributed by atoms with E-state index in [1.807, 2.05) is 16.7 Å². The van der Waals surface area contributed by atoms with E-state index in [-0.39, 0.29) is 0 Å². The molecule has 0 saturated heterocycles. The van der Waals surface area contributed by atoms with Crippen LogP contribution in [0.1, 0.15) is 19.7 Å². The van der Waals surface area contributed by atoms with Crippen molar-refractivity contribution in [1.82, 2.24) is 24.3 Å². The first kappa shape index (κ1) is 16.3. The quantitative estimate of drug-likeness (QED) is 0.574. The van der Waals surface area contributed by atoms with Gasteiger partial charge in [0.1, 0.15) is 12.2 Å². The van der Waals surface area contributed by atoms with Crippen LogP contribution in [0.3, 0.4) is 0 Å². The van der Waals surface area contributed by atoms with Crippen LogP contribution < -0.4 is 5.32 Å². The molecule has 4 aromatic rings. The molecule has 0 saturated carbocycles. The highest BCUT2D eigenvalue weighted by atomic mass is 15.3. The molecule has 2 heterocycles. The third-order valence-electron chi connectivity index (χ3n) is 4.58. The molecule has 132 valence electrons. The molecule has 2 aromatic carbocycles. The molecule has 0 bridgehead atoms. The van der Waals surface area contributed by atoms with Gasteiger partial charge in [0.25, 0.3) is 0 Å². The zero-order valence-electron chi connectivity index (χ0n) is 15.1. The van der Waals surface area contributed by atoms with E-state index in [0.29, 0.717) is 6.54 Å². The smallest absolute Gasteiger partial charge is 0.163 e. The van der Waals surface area contributed by atoms with Gasteiger partial charge in [-0.15, -0.1) is 10.2 Å². The maximum absolute atomic E-state index is 4.77. The summed E-state index contributed by atoms with van der Waals surface area (Å²) in [6.07, 6.45) is 1.76. The summed E-state index contributed by atoms with van der Waals surface area (Å²) in [4.78, 5) is 4.77. The molecule has 0 spiro atoms. The largest absolute Gasteiger partial charge is 0.378 e. The van der Waals surface area contributed by atoms with E-state index in [2.05, 4.69) is 70.3 Å². The Hall–Kier alpha value is -3.15. The van der Waals surface area contributed by atoms with Gasteiger partial charge in [-0.2, -0.15) is 0 Å². The number of aromatic nitrogens is 5. The number of benzene rings is 2. The van der Waals surface area contributed by atoms with Crippen molar-refractivity contribution >= 4 is 16.7 Å². The van der Waals surface area contributed by atoms with Crippen molar-refractivity contribution in [3.63, 3.8) is 0 Å². The van der Waals surface area contributed by atoms with Crippen molar-refractivity contribution in [2.45, 2.75) is 33.5 Å². The van der Waals surface area contributed by atoms with Crippen LogP contribution in [0.15, 0.2) is 54.9 Å². The second-order valence-electron chi connectivity index (χ2n) is 6.14. The number of rotatable bonds is 6. The first-order chi connectivity index (χ1) is 12.8. The number of hydrogen-bond acceptors (Lipinski definition) is 4. The molecule has 0 aliphatic rings. The Bertz CT molecular complexity index is 1030. The summed E-state index contributed by atoms with van der Waals surface area (Å²) in [5.74, 6) is 1.92. The lowest BCUT2D eigenvalue weighted by Gasteiger charge is -2.10. The fourth-order valence-electron chi connectivity index (χ4n) is 3.27. The highest BCUT2D eigenvalue weighted by Gasteiger charge is 2.10. The average molecular weight is 346 g/mol. The van der Waals surface area contributed by atoms with Gasteiger partial charge in [-0.1, -0.05) is 24.3 Å². The van der Waals surface area contributed by atoms with Crippen LogP contribution in [0, 0.1) is 0 Å². The van der Waals surface area contributed by atoms with Gasteiger partial charge in [0.15, 0.2) is 5.82 Å². The van der Waals surface area contributed by atoms with Gasteiger partial charge in [-0.3, -0.25) is 0 Å². The molecule has 0 amide bonds. The zero-order chi connectivity index (χ0) is 17.9. The van der Waals surface area contributed by atoms with Crippen molar-refractivity contribution in [1.29, 1.82) is 0 Å². The lowest BCUT2D eigenvalue weighted by Crippen LogP contribution is -2.08. The van der Waals surface area contributed by atoms with E-state index < -0.39 is 0 Å². The highest BCUT2D eigenvalue weighted by molar-refractivity contribution is 5.76. The maximum atomic E-state index is 4.77. The third-order valence-corrected chi connectivity index (χ3v) is 4.58. The van der Waals surface area contributed by atoms with Crippen LogP contribution in [-0.4, -0.2) is 24.3 Å². The van der Waals surface area contributed by atoms with Gasteiger partial charge in [0.05, 0.1) is 17.6 Å². The van der Waals surface area contributed by atoms with E-state index in [1.54, 1.807) is 6.33 Å². The normalized spacial score (nSPS) is 11.2. The number of imidazole rings is 1. The Balaban J connectivity index is 1.58. The molecule has 0 radical (unpaired) electrons. The second kappa shape index (κ2) is 7.00. The van der Waals surface area contributed by atoms with Crippen molar-refractivity contribution in [3.05, 3.63) is 60.7 Å². The topological polar surface area (TPSA) is 60.6 Å². The van der Waals surface area contributed by atoms with Crippen LogP contribution in [0.4, 0.5) is 5.69 Å². The molecule has 6 nitrogen and oxygen atoms in total. The first-order valence-electron chi connectivity index (χ1n) is 8.96. The predicted molar refractivity (Wildman–Crippen MR) is 104 cm³/mol. The summed E-state index contributed by atoms with van der Waals surface area (Å²) >= 11 is 0. The monoisotopic (exact) mass is 346 g/mol. The molecule has 2 aromatic heterocycles. The average Bonchev–Trinajstić information content (AvgIpc) is 3.30. The number of nitrogens with one attached hydrogen (secondary N) is 1. The Morgan fingerprint density at radius 2 is 1.88 bits per heavy atom. The zero-order valence-corrected chi connectivity index (χ0v) is 15.1. The van der Waals surface area contributed by atoms with Crippen molar-refractivity contribution in [2.75, 3.05) is 5.32 Å². The standard InChI is InChI=1S/C20H22N6/c1-3-25-14-22-24-20(25)15-8-7-9-16(12-15)21-13-19-23-17-10-5-6-11-18(17)26(19)4-2/h5-12,14,21H,3-4,13H2,1-2H3. The number of fused-ring (bicyclic) bond motifs is 1. The van der Waals surface area contributed by atoms with Crippen molar-refractivity contribution in [3.8, 4) is 11.4 Å². The summed E-state index contributed by atoms with van der Waals surface area (Å²) in [6.45, 7) is 6.66. The minimum Gasteiger partial charge on any atom is -0.378 e. The Labute approximate surface area is 152 Å². The summed E-state index contributed by atoms with van der Waals surface area (Å²) in [7, 11) is 0. The number of hydrogen-bond donors (Lipinski definition) is 1. The molecule has 0 aliphatic heterocycles. The number of anilines is 1. The van der Waals surface area contributed by atoms with Crippen LogP contribution >= 0.6 is 0 Å². The van der Waals surface area contributed by atoms with E-state index >= 15 is 0 Å². The molecular weight excluding hydrogens is 324 g/mol. The SMILES string of the molecule is CCn1cnnc1-c1cccc(NCc2nc3ccccc3n2CC)c1. The minimum atomic E-state index is 0.673. The first-order valence-corrected chi connectivity index (χ1v) is 8.96. The highest BCUT2D eigenvalue weighted by Crippen LogP contribution is 2.22. The van der Waals surface area contributed by atoms with Gasteiger partial charge in [-0.05, 0) is 38.1 Å². The van der Waals surface area contributed by atoms with Gasteiger partial charge < -0.3 is 14.5 Å². The van der Waals surface area contributed by atoms with E-state index in [1.165, 1.54) is 5.52 Å². The molecule has 0 fully saturated rings. The van der Waals surface area contributed by atoms with Crippen LogP contribution in [0.25, 0.3) is 22.4 Å². The summed E-state index contributed by atoms with van der Waals surface area (Å²) in [5.41, 5.74) is 4.31. The van der Waals surface area contributed by atoms with E-state index in [0.717, 1.165) is 41.5 Å². The number of aryl methyl sites for hydroxylation is 2. The van der Waals surface area contributed by atoms with Gasteiger partial charge in [0, 0.05) is 24.3 Å². The predicted octanol–water partition coefficient (Wildman–Crippen LogP) is 3.95. The van der Waals surface area contributed by atoms with Gasteiger partial charge >= 0.3 is 0 Å². The number of para-hydroxylation sites is 2. The van der Waals surface area contributed by atoms with Gasteiger partial charge in [-0.25, -0.2) is 4.98 Å². The fourth-order valence-corrected chi connectivity index (χ4v) is 3.27. The maximum Gasteiger partial charge on any atom is 0.163 e. The molecule has 1 N–H and O–H groups in total. The molecular formula is C20H22N6. The Morgan fingerprint density at radius 1 is 1.00 bits per heavy atom. The summed E-state index contributed by atoms with van der Waals surface area (Å²) in [5, 5.41) is 11.8. The van der Waals surface area contributed by atoms with E-state index in [9.17, 15) is 0 Å². The lowest BCUT2D eigenvalue weighted by molar-refractivity contribution is 0.729. The molecule has 4 rings (SSSR count). The fraction of sp³-hybridized carbons (Fsp3) is 0.250. The van der Waals surface area contributed by atoms with Crippen molar-refractivity contribution < 1.29 is 0 Å². The summed E-state index contributed by atoms with van der Waals surface area (Å²) < 4.78 is 4.29. The number of nitrogens with zero attached hydrogens (tertiary/aromatic N) is 5. The lowest BCUT2D eigenvalue weighted by atomic mass is 10.2. The molecule has 0 atom stereocenters. The Kier molecular flexibility index (Phi) is 4.39. The van der Waals surface area contributed by atoms with E-state index in [4.69, 9.17) is 4.98 Å². The van der Waals surface area contributed by atoms with Crippen molar-refractivity contribution in [2.24, 2.45) is 0 Å². The molecule has 26 heavy (non-hydrogen) atoms. The minimum absolute atomic E-state index is 0.673. The van der Waals surface area contributed by atoms with Gasteiger partial charge in [0.2, 0.25) is 0 Å². The second-order valence-corrected chi connectivity index (χ2v) is 6.14. The Morgan fingerprint density at radius 3 is 2.73 bits per heavy atom. The molecule has 6 heteroatoms. The third kappa shape index (κ3) is 2.94.